The maximum atomic E-state index is 12.5. The summed E-state index contributed by atoms with van der Waals surface area (Å²) in [5.41, 5.74) is 2.18. The van der Waals surface area contributed by atoms with Crippen molar-refractivity contribution in [1.29, 1.82) is 0 Å². The summed E-state index contributed by atoms with van der Waals surface area (Å²) in [6.07, 6.45) is 3.38. The number of carbonyl (C=O) groups excluding carboxylic acids is 2. The van der Waals surface area contributed by atoms with Gasteiger partial charge in [-0.25, -0.2) is 4.98 Å². The van der Waals surface area contributed by atoms with Crippen molar-refractivity contribution in [3.05, 3.63) is 41.9 Å². The highest BCUT2D eigenvalue weighted by atomic mass is 16.4. The molecule has 138 valence electrons. The van der Waals surface area contributed by atoms with Crippen molar-refractivity contribution in [2.45, 2.75) is 33.1 Å². The maximum Gasteiger partial charge on any atom is 0.223 e. The molecule has 1 aliphatic heterocycles. The Bertz CT molecular complexity index is 767. The van der Waals surface area contributed by atoms with Gasteiger partial charge in [-0.15, -0.1) is 0 Å². The lowest BCUT2D eigenvalue weighted by atomic mass is 10.1. The molecule has 1 fully saturated rings. The number of aromatic nitrogens is 1. The molecular weight excluding hydrogens is 330 g/mol. The molecule has 6 heteroatoms. The molecule has 0 unspecified atom stereocenters. The first-order valence-electron chi connectivity index (χ1n) is 9.08. The summed E-state index contributed by atoms with van der Waals surface area (Å²) in [5.74, 6) is 1.46. The fourth-order valence-electron chi connectivity index (χ4n) is 3.13. The third kappa shape index (κ3) is 4.50. The smallest absolute Gasteiger partial charge is 0.223 e. The van der Waals surface area contributed by atoms with Gasteiger partial charge in [0.1, 0.15) is 0 Å². The Morgan fingerprint density at radius 1 is 1.08 bits per heavy atom. The minimum Gasteiger partial charge on any atom is -0.441 e. The Hall–Kier alpha value is -2.63. The van der Waals surface area contributed by atoms with Crippen molar-refractivity contribution in [1.82, 2.24) is 14.8 Å². The zero-order valence-electron chi connectivity index (χ0n) is 15.4. The fraction of sp³-hybridized carbons (Fsp3) is 0.450. The third-order valence-corrected chi connectivity index (χ3v) is 4.74. The minimum atomic E-state index is 0.0720. The molecule has 1 aromatic heterocycles. The normalized spacial score (nSPS) is 15.0. The van der Waals surface area contributed by atoms with Crippen LogP contribution in [0.25, 0.3) is 11.3 Å². The van der Waals surface area contributed by atoms with Gasteiger partial charge in [0, 0.05) is 51.5 Å². The second-order valence-corrected chi connectivity index (χ2v) is 6.72. The van der Waals surface area contributed by atoms with E-state index < -0.39 is 0 Å². The van der Waals surface area contributed by atoms with E-state index in [9.17, 15) is 9.59 Å². The van der Waals surface area contributed by atoms with Crippen molar-refractivity contribution in [3.8, 4) is 11.3 Å². The van der Waals surface area contributed by atoms with Crippen LogP contribution in [0.3, 0.4) is 0 Å². The average molecular weight is 355 g/mol. The molecule has 0 spiro atoms. The highest BCUT2D eigenvalue weighted by Gasteiger charge is 2.20. The molecule has 1 aromatic carbocycles. The minimum absolute atomic E-state index is 0.0720. The quantitative estimate of drug-likeness (QED) is 0.846. The van der Waals surface area contributed by atoms with Crippen LogP contribution >= 0.6 is 0 Å². The molecule has 0 saturated carbocycles. The van der Waals surface area contributed by atoms with Gasteiger partial charge in [-0.3, -0.25) is 9.59 Å². The Kier molecular flexibility index (Phi) is 5.71. The zero-order chi connectivity index (χ0) is 18.5. The molecule has 0 atom stereocenters. The third-order valence-electron chi connectivity index (χ3n) is 4.74. The molecular formula is C20H25N3O3. The highest BCUT2D eigenvalue weighted by molar-refractivity contribution is 5.77. The largest absolute Gasteiger partial charge is 0.441 e. The number of hydrogen-bond acceptors (Lipinski definition) is 4. The van der Waals surface area contributed by atoms with Gasteiger partial charge in [0.15, 0.2) is 11.7 Å². The van der Waals surface area contributed by atoms with E-state index in [0.29, 0.717) is 38.4 Å². The van der Waals surface area contributed by atoms with Gasteiger partial charge in [0.25, 0.3) is 0 Å². The predicted octanol–water partition coefficient (Wildman–Crippen LogP) is 2.66. The van der Waals surface area contributed by atoms with E-state index in [4.69, 9.17) is 4.42 Å². The summed E-state index contributed by atoms with van der Waals surface area (Å²) in [4.78, 5) is 31.9. The van der Waals surface area contributed by atoms with Crippen LogP contribution in [0.2, 0.25) is 0 Å². The van der Waals surface area contributed by atoms with Gasteiger partial charge in [-0.1, -0.05) is 29.8 Å². The summed E-state index contributed by atoms with van der Waals surface area (Å²) in [6, 6.07) is 8.07. The van der Waals surface area contributed by atoms with Crippen LogP contribution in [0.1, 0.15) is 31.2 Å². The van der Waals surface area contributed by atoms with Crippen LogP contribution in [0, 0.1) is 6.92 Å². The first-order chi connectivity index (χ1) is 12.5. The number of hydrogen-bond donors (Lipinski definition) is 0. The van der Waals surface area contributed by atoms with Crippen LogP contribution in [-0.2, 0) is 16.0 Å². The Morgan fingerprint density at radius 2 is 1.77 bits per heavy atom. The lowest BCUT2D eigenvalue weighted by Gasteiger charge is -2.21. The van der Waals surface area contributed by atoms with Gasteiger partial charge < -0.3 is 14.2 Å². The van der Waals surface area contributed by atoms with Gasteiger partial charge in [0.05, 0.1) is 6.20 Å². The summed E-state index contributed by atoms with van der Waals surface area (Å²) in [7, 11) is 0. The average Bonchev–Trinajstić information content (AvgIpc) is 2.95. The van der Waals surface area contributed by atoms with Gasteiger partial charge >= 0.3 is 0 Å². The number of nitrogens with zero attached hydrogens (tertiary/aromatic N) is 3. The number of carbonyl (C=O) groups is 2. The number of aryl methyl sites for hydroxylation is 2. The monoisotopic (exact) mass is 355 g/mol. The van der Waals surface area contributed by atoms with Crippen molar-refractivity contribution >= 4 is 11.8 Å². The van der Waals surface area contributed by atoms with Crippen LogP contribution in [0.5, 0.6) is 0 Å². The molecule has 0 N–H and O–H groups in total. The van der Waals surface area contributed by atoms with Gasteiger partial charge in [0.2, 0.25) is 11.8 Å². The second-order valence-electron chi connectivity index (χ2n) is 6.72. The van der Waals surface area contributed by atoms with E-state index in [1.165, 1.54) is 5.56 Å². The molecule has 1 saturated heterocycles. The fourth-order valence-corrected chi connectivity index (χ4v) is 3.13. The van der Waals surface area contributed by atoms with Crippen LogP contribution in [0.15, 0.2) is 34.9 Å². The SMILES string of the molecule is CC(=O)N1CCCN(C(=O)CCc2ncc(-c3ccc(C)cc3)o2)CC1. The first-order valence-corrected chi connectivity index (χ1v) is 9.08. The summed E-state index contributed by atoms with van der Waals surface area (Å²) < 4.78 is 5.79. The lowest BCUT2D eigenvalue weighted by molar-refractivity contribution is -0.132. The van der Waals surface area contributed by atoms with Crippen molar-refractivity contribution in [3.63, 3.8) is 0 Å². The number of oxazole rings is 1. The number of benzene rings is 1. The van der Waals surface area contributed by atoms with Crippen LogP contribution in [-0.4, -0.2) is 52.8 Å². The van der Waals surface area contributed by atoms with E-state index >= 15 is 0 Å². The summed E-state index contributed by atoms with van der Waals surface area (Å²) in [6.45, 7) is 6.24. The molecule has 2 heterocycles. The maximum absolute atomic E-state index is 12.5. The standard InChI is InChI=1S/C20H25N3O3/c1-15-4-6-17(7-5-15)18-14-21-19(26-18)8-9-20(25)23-11-3-10-22(12-13-23)16(2)24/h4-7,14H,3,8-13H2,1-2H3. The molecule has 6 nitrogen and oxygen atoms in total. The molecule has 0 radical (unpaired) electrons. The Balaban J connectivity index is 1.53. The van der Waals surface area contributed by atoms with Crippen LogP contribution < -0.4 is 0 Å². The Morgan fingerprint density at radius 3 is 2.50 bits per heavy atom. The van der Waals surface area contributed by atoms with Crippen molar-refractivity contribution < 1.29 is 14.0 Å². The molecule has 2 amide bonds. The second kappa shape index (κ2) is 8.17. The van der Waals surface area contributed by atoms with Crippen LogP contribution in [0.4, 0.5) is 0 Å². The van der Waals surface area contributed by atoms with Gasteiger partial charge in [-0.2, -0.15) is 0 Å². The molecule has 1 aliphatic rings. The first kappa shape index (κ1) is 18.2. The predicted molar refractivity (Wildman–Crippen MR) is 98.4 cm³/mol. The van der Waals surface area contributed by atoms with E-state index in [0.717, 1.165) is 24.3 Å². The lowest BCUT2D eigenvalue weighted by Crippen LogP contribution is -2.36. The molecule has 26 heavy (non-hydrogen) atoms. The van der Waals surface area contributed by atoms with E-state index in [1.54, 1.807) is 18.0 Å². The number of amides is 2. The molecule has 0 aliphatic carbocycles. The molecule has 3 rings (SSSR count). The zero-order valence-corrected chi connectivity index (χ0v) is 15.4. The number of rotatable bonds is 4. The molecule has 2 aromatic rings. The van der Waals surface area contributed by atoms with E-state index in [2.05, 4.69) is 4.98 Å². The highest BCUT2D eigenvalue weighted by Crippen LogP contribution is 2.21. The molecule has 0 bridgehead atoms. The summed E-state index contributed by atoms with van der Waals surface area (Å²) >= 11 is 0. The van der Waals surface area contributed by atoms with E-state index in [1.807, 2.05) is 36.1 Å². The van der Waals surface area contributed by atoms with E-state index in [-0.39, 0.29) is 11.8 Å². The topological polar surface area (TPSA) is 66.7 Å². The van der Waals surface area contributed by atoms with Gasteiger partial charge in [-0.05, 0) is 13.3 Å². The summed E-state index contributed by atoms with van der Waals surface area (Å²) in [5, 5.41) is 0. The Labute approximate surface area is 153 Å². The van der Waals surface area contributed by atoms with Crippen molar-refractivity contribution in [2.75, 3.05) is 26.2 Å². The van der Waals surface area contributed by atoms with Crippen molar-refractivity contribution in [2.24, 2.45) is 0 Å².